The maximum Gasteiger partial charge on any atom is 0.276 e. The van der Waals surface area contributed by atoms with E-state index in [2.05, 4.69) is 23.5 Å². The summed E-state index contributed by atoms with van der Waals surface area (Å²) in [7, 11) is 1.66. The van der Waals surface area contributed by atoms with Crippen LogP contribution in [-0.4, -0.2) is 31.1 Å². The quantitative estimate of drug-likeness (QED) is 0.750. The number of quaternary nitrogens is 1. The fourth-order valence-electron chi connectivity index (χ4n) is 3.27. The van der Waals surface area contributed by atoms with Gasteiger partial charge in [-0.2, -0.15) is 5.26 Å². The molecule has 1 amide bonds. The molecule has 1 aromatic carbocycles. The van der Waals surface area contributed by atoms with Crippen molar-refractivity contribution >= 4 is 5.91 Å². The summed E-state index contributed by atoms with van der Waals surface area (Å²) < 4.78 is 5.19. The van der Waals surface area contributed by atoms with Crippen LogP contribution in [0.4, 0.5) is 0 Å². The molecule has 0 spiro atoms. The Kier molecular flexibility index (Phi) is 4.77. The average molecular weight is 328 g/mol. The lowest BCUT2D eigenvalue weighted by atomic mass is 9.98. The number of nitrogens with zero attached hydrogens (tertiary/aromatic N) is 1. The maximum atomic E-state index is 12.5. The molecule has 0 bridgehead atoms. The summed E-state index contributed by atoms with van der Waals surface area (Å²) in [6.07, 6.45) is 4.43. The molecule has 2 aliphatic carbocycles. The lowest BCUT2D eigenvalue weighted by molar-refractivity contribution is -0.917. The number of benzene rings is 1. The molecule has 2 atom stereocenters. The number of nitrogens with one attached hydrogen (secondary N) is 2. The van der Waals surface area contributed by atoms with E-state index in [1.165, 1.54) is 23.3 Å². The highest BCUT2D eigenvalue weighted by molar-refractivity contribution is 5.78. The first kappa shape index (κ1) is 16.8. The predicted octanol–water partition coefficient (Wildman–Crippen LogP) is 1.05. The molecule has 1 unspecified atom stereocenters. The zero-order valence-electron chi connectivity index (χ0n) is 14.5. The van der Waals surface area contributed by atoms with Crippen molar-refractivity contribution < 1.29 is 14.4 Å². The molecule has 5 heteroatoms. The van der Waals surface area contributed by atoms with E-state index < -0.39 is 5.54 Å². The molecule has 5 nitrogen and oxygen atoms in total. The van der Waals surface area contributed by atoms with E-state index in [0.717, 1.165) is 25.1 Å². The largest absolute Gasteiger partial charge is 0.497 e. The topological polar surface area (TPSA) is 66.6 Å². The van der Waals surface area contributed by atoms with Crippen molar-refractivity contribution in [3.05, 3.63) is 29.8 Å². The van der Waals surface area contributed by atoms with Crippen LogP contribution < -0.4 is 15.0 Å². The van der Waals surface area contributed by atoms with Crippen molar-refractivity contribution in [2.45, 2.75) is 50.7 Å². The van der Waals surface area contributed by atoms with E-state index in [-0.39, 0.29) is 5.91 Å². The third-order valence-corrected chi connectivity index (χ3v) is 5.16. The first-order chi connectivity index (χ1) is 11.5. The summed E-state index contributed by atoms with van der Waals surface area (Å²) in [4.78, 5) is 13.8. The molecule has 0 radical (unpaired) electrons. The van der Waals surface area contributed by atoms with Gasteiger partial charge >= 0.3 is 0 Å². The standard InChI is InChI=1S/C19H25N3O2/c1-19(13-20,15-5-6-15)21-18(23)12-22(16-7-8-16)11-14-3-9-17(24-2)10-4-14/h3-4,9-10,15-16H,5-8,11-12H2,1-2H3,(H,21,23)/p+1/t19-/m1/s1. The molecule has 0 aromatic heterocycles. The zero-order chi connectivity index (χ0) is 17.2. The van der Waals surface area contributed by atoms with Crippen LogP contribution in [0.15, 0.2) is 24.3 Å². The van der Waals surface area contributed by atoms with E-state index in [4.69, 9.17) is 4.74 Å². The van der Waals surface area contributed by atoms with Gasteiger partial charge in [0.25, 0.3) is 5.91 Å². The second kappa shape index (κ2) is 6.82. The van der Waals surface area contributed by atoms with Gasteiger partial charge in [0.15, 0.2) is 6.54 Å². The van der Waals surface area contributed by atoms with Gasteiger partial charge in [-0.25, -0.2) is 0 Å². The van der Waals surface area contributed by atoms with Gasteiger partial charge in [0.2, 0.25) is 0 Å². The molecule has 2 N–H and O–H groups in total. The van der Waals surface area contributed by atoms with Crippen LogP contribution in [0.1, 0.15) is 38.2 Å². The average Bonchev–Trinajstić information content (AvgIpc) is 3.46. The van der Waals surface area contributed by atoms with Gasteiger partial charge in [-0.15, -0.1) is 0 Å². The normalized spacial score (nSPS) is 20.5. The predicted molar refractivity (Wildman–Crippen MR) is 90.4 cm³/mol. The van der Waals surface area contributed by atoms with E-state index in [1.54, 1.807) is 7.11 Å². The molecule has 128 valence electrons. The van der Waals surface area contributed by atoms with Gasteiger partial charge in [-0.05, 0) is 49.9 Å². The number of carbonyl (C=O) groups is 1. The van der Waals surface area contributed by atoms with Gasteiger partial charge in [0.1, 0.15) is 17.8 Å². The molecule has 2 aliphatic rings. The van der Waals surface area contributed by atoms with Crippen molar-refractivity contribution in [3.63, 3.8) is 0 Å². The lowest BCUT2D eigenvalue weighted by Crippen LogP contribution is -3.13. The first-order valence-electron chi connectivity index (χ1n) is 8.74. The van der Waals surface area contributed by atoms with Crippen LogP contribution in [0.25, 0.3) is 0 Å². The molecule has 2 saturated carbocycles. The third kappa shape index (κ3) is 4.07. The maximum absolute atomic E-state index is 12.5. The van der Waals surface area contributed by atoms with E-state index in [9.17, 15) is 10.1 Å². The minimum absolute atomic E-state index is 0.0126. The van der Waals surface area contributed by atoms with Crippen molar-refractivity contribution in [3.8, 4) is 11.8 Å². The highest BCUT2D eigenvalue weighted by Gasteiger charge is 2.44. The van der Waals surface area contributed by atoms with Crippen molar-refractivity contribution in [1.82, 2.24) is 5.32 Å². The molecule has 24 heavy (non-hydrogen) atoms. The van der Waals surface area contributed by atoms with E-state index in [0.29, 0.717) is 18.5 Å². The number of amides is 1. The molecule has 0 aliphatic heterocycles. The molecule has 0 heterocycles. The minimum Gasteiger partial charge on any atom is -0.497 e. The summed E-state index contributed by atoms with van der Waals surface area (Å²) >= 11 is 0. The third-order valence-electron chi connectivity index (χ3n) is 5.16. The number of ether oxygens (including phenoxy) is 1. The SMILES string of the molecule is COc1ccc(C[NH+](CC(=O)N[C@](C)(C#N)C2CC2)C2CC2)cc1. The number of hydrogen-bond acceptors (Lipinski definition) is 3. The Morgan fingerprint density at radius 1 is 1.33 bits per heavy atom. The van der Waals surface area contributed by atoms with Crippen LogP contribution >= 0.6 is 0 Å². The molecule has 2 fully saturated rings. The van der Waals surface area contributed by atoms with Crippen molar-refractivity contribution in [1.29, 1.82) is 5.26 Å². The van der Waals surface area contributed by atoms with Gasteiger partial charge in [-0.3, -0.25) is 4.79 Å². The number of rotatable bonds is 8. The number of methoxy groups -OCH3 is 1. The summed E-state index contributed by atoms with van der Waals surface area (Å²) in [6, 6.07) is 10.9. The Bertz CT molecular complexity index is 629. The molecular formula is C19H26N3O2+. The first-order valence-corrected chi connectivity index (χ1v) is 8.74. The Labute approximate surface area is 143 Å². The van der Waals surface area contributed by atoms with Gasteiger partial charge in [-0.1, -0.05) is 0 Å². The number of carbonyl (C=O) groups excluding carboxylic acids is 1. The van der Waals surface area contributed by atoms with Crippen LogP contribution in [-0.2, 0) is 11.3 Å². The van der Waals surface area contributed by atoms with Crippen LogP contribution in [0, 0.1) is 17.2 Å². The Balaban J connectivity index is 1.59. The Morgan fingerprint density at radius 2 is 2.00 bits per heavy atom. The highest BCUT2D eigenvalue weighted by Crippen LogP contribution is 2.39. The summed E-state index contributed by atoms with van der Waals surface area (Å²) in [6.45, 7) is 3.11. The summed E-state index contributed by atoms with van der Waals surface area (Å²) in [5, 5.41) is 12.4. The van der Waals surface area contributed by atoms with Crippen molar-refractivity contribution in [2.24, 2.45) is 5.92 Å². The molecule has 3 rings (SSSR count). The molecule has 1 aromatic rings. The van der Waals surface area contributed by atoms with Crippen molar-refractivity contribution in [2.75, 3.05) is 13.7 Å². The van der Waals surface area contributed by atoms with Gasteiger partial charge in [0.05, 0.1) is 19.2 Å². The van der Waals surface area contributed by atoms with Crippen LogP contribution in [0.2, 0.25) is 0 Å². The Morgan fingerprint density at radius 3 is 2.50 bits per heavy atom. The summed E-state index contributed by atoms with van der Waals surface area (Å²) in [5.74, 6) is 1.15. The second-order valence-electron chi connectivity index (χ2n) is 7.27. The number of hydrogen-bond donors (Lipinski definition) is 2. The minimum atomic E-state index is -0.703. The smallest absolute Gasteiger partial charge is 0.276 e. The van der Waals surface area contributed by atoms with E-state index >= 15 is 0 Å². The number of nitriles is 1. The molecular weight excluding hydrogens is 302 g/mol. The fraction of sp³-hybridized carbons (Fsp3) is 0.579. The van der Waals surface area contributed by atoms with Gasteiger partial charge in [0, 0.05) is 18.4 Å². The second-order valence-corrected chi connectivity index (χ2v) is 7.27. The summed E-state index contributed by atoms with van der Waals surface area (Å²) in [5.41, 5.74) is 0.502. The lowest BCUT2D eigenvalue weighted by Gasteiger charge is -2.25. The highest BCUT2D eigenvalue weighted by atomic mass is 16.5. The Hall–Kier alpha value is -2.06. The van der Waals surface area contributed by atoms with Crippen LogP contribution in [0.5, 0.6) is 5.75 Å². The zero-order valence-corrected chi connectivity index (χ0v) is 14.5. The van der Waals surface area contributed by atoms with Crippen LogP contribution in [0.3, 0.4) is 0 Å². The van der Waals surface area contributed by atoms with Gasteiger partial charge < -0.3 is 15.0 Å². The molecule has 0 saturated heterocycles. The fourth-order valence-corrected chi connectivity index (χ4v) is 3.27. The monoisotopic (exact) mass is 328 g/mol. The van der Waals surface area contributed by atoms with E-state index in [1.807, 2.05) is 19.1 Å².